The number of aromatic nitrogens is 2. The van der Waals surface area contributed by atoms with Crippen LogP contribution in [0.25, 0.3) is 0 Å². The molecule has 9 heteroatoms. The van der Waals surface area contributed by atoms with Gasteiger partial charge in [-0.15, -0.1) is 11.3 Å². The quantitative estimate of drug-likeness (QED) is 0.627. The van der Waals surface area contributed by atoms with Crippen LogP contribution in [0.4, 0.5) is 11.8 Å². The van der Waals surface area contributed by atoms with Crippen molar-refractivity contribution in [2.75, 3.05) is 30.3 Å². The fraction of sp³-hybridized carbons (Fsp3) is 0.429. The Morgan fingerprint density at radius 1 is 1.13 bits per heavy atom. The number of nitrogens with zero attached hydrogens (tertiary/aromatic N) is 2. The molecular weight excluding hydrogens is 334 g/mol. The molecule has 2 aromatic rings. The molecule has 0 aromatic carbocycles. The van der Waals surface area contributed by atoms with Crippen LogP contribution in [0.1, 0.15) is 17.5 Å². The Morgan fingerprint density at radius 3 is 2.57 bits per heavy atom. The highest BCUT2D eigenvalue weighted by Gasteiger charge is 2.15. The van der Waals surface area contributed by atoms with Gasteiger partial charge in [0.1, 0.15) is 10.0 Å². The first-order valence-corrected chi connectivity index (χ1v) is 9.60. The molecule has 0 aliphatic rings. The average molecular weight is 355 g/mol. The Kier molecular flexibility index (Phi) is 5.91. The molecule has 126 valence electrons. The zero-order valence-electron chi connectivity index (χ0n) is 13.4. The highest BCUT2D eigenvalue weighted by molar-refractivity contribution is 7.91. The van der Waals surface area contributed by atoms with Crippen molar-refractivity contribution in [1.29, 1.82) is 0 Å². The van der Waals surface area contributed by atoms with Gasteiger partial charge in [-0.1, -0.05) is 0 Å². The third-order valence-electron chi connectivity index (χ3n) is 2.89. The molecule has 0 aliphatic carbocycles. The summed E-state index contributed by atoms with van der Waals surface area (Å²) in [4.78, 5) is 9.55. The van der Waals surface area contributed by atoms with Gasteiger partial charge in [-0.05, 0) is 32.9 Å². The second kappa shape index (κ2) is 7.71. The number of sulfonamides is 1. The van der Waals surface area contributed by atoms with Crippen LogP contribution in [0, 0.1) is 13.8 Å². The molecule has 2 rings (SSSR count). The summed E-state index contributed by atoms with van der Waals surface area (Å²) in [6.45, 7) is 7.19. The molecule has 3 N–H and O–H groups in total. The number of nitrogens with one attached hydrogen (secondary N) is 3. The van der Waals surface area contributed by atoms with Crippen LogP contribution in [0.5, 0.6) is 0 Å². The third kappa shape index (κ3) is 5.15. The minimum atomic E-state index is -3.44. The molecule has 0 bridgehead atoms. The van der Waals surface area contributed by atoms with Gasteiger partial charge in [-0.25, -0.2) is 18.1 Å². The molecule has 0 spiro atoms. The van der Waals surface area contributed by atoms with Crippen LogP contribution in [0.2, 0.25) is 0 Å². The summed E-state index contributed by atoms with van der Waals surface area (Å²) in [7, 11) is -3.44. The summed E-state index contributed by atoms with van der Waals surface area (Å²) in [6, 6.07) is 5.26. The van der Waals surface area contributed by atoms with Crippen LogP contribution in [-0.4, -0.2) is 38.0 Å². The predicted molar refractivity (Wildman–Crippen MR) is 93.7 cm³/mol. The normalized spacial score (nSPS) is 11.4. The number of rotatable bonds is 8. The molecule has 2 heterocycles. The van der Waals surface area contributed by atoms with Crippen LogP contribution >= 0.6 is 11.3 Å². The Labute approximate surface area is 140 Å². The van der Waals surface area contributed by atoms with Gasteiger partial charge in [-0.3, -0.25) is 0 Å². The van der Waals surface area contributed by atoms with Gasteiger partial charge in [0.15, 0.2) is 0 Å². The molecule has 0 radical (unpaired) electrons. The van der Waals surface area contributed by atoms with E-state index in [4.69, 9.17) is 0 Å². The predicted octanol–water partition coefficient (Wildman–Crippen LogP) is 1.98. The van der Waals surface area contributed by atoms with Gasteiger partial charge in [0.05, 0.1) is 0 Å². The van der Waals surface area contributed by atoms with E-state index in [1.807, 2.05) is 26.8 Å². The highest BCUT2D eigenvalue weighted by atomic mass is 32.2. The first-order chi connectivity index (χ1) is 10.9. The van der Waals surface area contributed by atoms with Crippen molar-refractivity contribution in [3.63, 3.8) is 0 Å². The smallest absolute Gasteiger partial charge is 0.250 e. The zero-order valence-corrected chi connectivity index (χ0v) is 15.0. The Hall–Kier alpha value is -1.71. The van der Waals surface area contributed by atoms with E-state index in [0.29, 0.717) is 16.7 Å². The molecule has 0 aliphatic heterocycles. The van der Waals surface area contributed by atoms with E-state index in [2.05, 4.69) is 25.3 Å². The number of hydrogen-bond acceptors (Lipinski definition) is 7. The minimum absolute atomic E-state index is 0.257. The Balaban J connectivity index is 1.88. The lowest BCUT2D eigenvalue weighted by Gasteiger charge is -2.09. The van der Waals surface area contributed by atoms with E-state index in [0.717, 1.165) is 22.9 Å². The molecule has 0 unspecified atom stereocenters. The summed E-state index contributed by atoms with van der Waals surface area (Å²) in [6.07, 6.45) is 0. The van der Waals surface area contributed by atoms with E-state index in [1.165, 1.54) is 11.3 Å². The molecule has 7 nitrogen and oxygen atoms in total. The van der Waals surface area contributed by atoms with E-state index < -0.39 is 10.0 Å². The van der Waals surface area contributed by atoms with Crippen LogP contribution in [0.3, 0.4) is 0 Å². The van der Waals surface area contributed by atoms with Crippen LogP contribution < -0.4 is 15.4 Å². The van der Waals surface area contributed by atoms with Crippen molar-refractivity contribution >= 4 is 33.1 Å². The van der Waals surface area contributed by atoms with Gasteiger partial charge < -0.3 is 10.6 Å². The molecule has 0 atom stereocenters. The first-order valence-electron chi connectivity index (χ1n) is 7.30. The number of anilines is 2. The average Bonchev–Trinajstić information content (AvgIpc) is 2.91. The molecule has 0 amide bonds. The van der Waals surface area contributed by atoms with Crippen molar-refractivity contribution in [2.45, 2.75) is 25.0 Å². The molecule has 2 aromatic heterocycles. The zero-order chi connectivity index (χ0) is 16.9. The van der Waals surface area contributed by atoms with Crippen molar-refractivity contribution in [2.24, 2.45) is 0 Å². The van der Waals surface area contributed by atoms with E-state index in [-0.39, 0.29) is 6.54 Å². The maximum atomic E-state index is 12.1. The number of thiophene rings is 1. The maximum Gasteiger partial charge on any atom is 0.250 e. The standard InChI is InChI=1S/C14H21N5O2S2/c1-4-15-12-9-10(2)18-14(19-12)16-7-8-17-23(20,21)13-6-5-11(3)22-13/h5-6,9,17H,4,7-8H2,1-3H3,(H2,15,16,18,19). The molecule has 0 fully saturated rings. The van der Waals surface area contributed by atoms with Crippen molar-refractivity contribution in [3.8, 4) is 0 Å². The summed E-state index contributed by atoms with van der Waals surface area (Å²) in [5.74, 6) is 1.23. The molecule has 0 saturated heterocycles. The SMILES string of the molecule is CCNc1cc(C)nc(NCCNS(=O)(=O)c2ccc(C)s2)n1. The lowest BCUT2D eigenvalue weighted by molar-refractivity contribution is 0.585. The maximum absolute atomic E-state index is 12.1. The second-order valence-electron chi connectivity index (χ2n) is 4.94. The highest BCUT2D eigenvalue weighted by Crippen LogP contribution is 2.20. The van der Waals surface area contributed by atoms with Gasteiger partial charge in [-0.2, -0.15) is 4.98 Å². The Bertz CT molecular complexity index is 758. The largest absolute Gasteiger partial charge is 0.370 e. The molecule has 23 heavy (non-hydrogen) atoms. The summed E-state index contributed by atoms with van der Waals surface area (Å²) in [5, 5.41) is 6.15. The van der Waals surface area contributed by atoms with Crippen molar-refractivity contribution in [3.05, 3.63) is 28.8 Å². The summed E-state index contributed by atoms with van der Waals surface area (Å²) < 4.78 is 27.1. The number of aryl methyl sites for hydroxylation is 2. The first kappa shape index (κ1) is 17.6. The monoisotopic (exact) mass is 355 g/mol. The Morgan fingerprint density at radius 2 is 1.91 bits per heavy atom. The fourth-order valence-corrected chi connectivity index (χ4v) is 4.27. The second-order valence-corrected chi connectivity index (χ2v) is 8.22. The van der Waals surface area contributed by atoms with Gasteiger partial charge in [0, 0.05) is 36.3 Å². The molecule has 0 saturated carbocycles. The van der Waals surface area contributed by atoms with E-state index in [1.54, 1.807) is 12.1 Å². The third-order valence-corrected chi connectivity index (χ3v) is 5.85. The lowest BCUT2D eigenvalue weighted by Crippen LogP contribution is -2.28. The van der Waals surface area contributed by atoms with Gasteiger partial charge in [0.25, 0.3) is 0 Å². The van der Waals surface area contributed by atoms with E-state index >= 15 is 0 Å². The topological polar surface area (TPSA) is 96.0 Å². The van der Waals surface area contributed by atoms with Crippen LogP contribution in [0.15, 0.2) is 22.4 Å². The summed E-state index contributed by atoms with van der Waals surface area (Å²) >= 11 is 1.25. The lowest BCUT2D eigenvalue weighted by atomic mass is 10.4. The fourth-order valence-electron chi connectivity index (χ4n) is 1.91. The van der Waals surface area contributed by atoms with Gasteiger partial charge >= 0.3 is 0 Å². The van der Waals surface area contributed by atoms with E-state index in [9.17, 15) is 8.42 Å². The minimum Gasteiger partial charge on any atom is -0.370 e. The molecular formula is C14H21N5O2S2. The number of hydrogen-bond donors (Lipinski definition) is 3. The van der Waals surface area contributed by atoms with Crippen molar-refractivity contribution in [1.82, 2.24) is 14.7 Å². The van der Waals surface area contributed by atoms with Gasteiger partial charge in [0.2, 0.25) is 16.0 Å². The summed E-state index contributed by atoms with van der Waals surface area (Å²) in [5.41, 5.74) is 0.841. The van der Waals surface area contributed by atoms with Crippen molar-refractivity contribution < 1.29 is 8.42 Å². The van der Waals surface area contributed by atoms with Crippen LogP contribution in [-0.2, 0) is 10.0 Å².